The normalized spacial score (nSPS) is 12.6. The van der Waals surface area contributed by atoms with Gasteiger partial charge < -0.3 is 19.9 Å². The second kappa shape index (κ2) is 4.64. The summed E-state index contributed by atoms with van der Waals surface area (Å²) in [4.78, 5) is 3.65. The van der Waals surface area contributed by atoms with Gasteiger partial charge in [0.1, 0.15) is 0 Å². The van der Waals surface area contributed by atoms with Crippen molar-refractivity contribution in [2.45, 2.75) is 38.9 Å². The molecule has 0 atom stereocenters. The van der Waals surface area contributed by atoms with Crippen molar-refractivity contribution in [1.82, 2.24) is 4.98 Å². The van der Waals surface area contributed by atoms with Crippen LogP contribution in [0.2, 0.25) is 0 Å². The zero-order valence-corrected chi connectivity index (χ0v) is 10.5. The van der Waals surface area contributed by atoms with Crippen molar-refractivity contribution in [2.24, 2.45) is 0 Å². The second-order valence-electron chi connectivity index (χ2n) is 4.99. The zero-order valence-electron chi connectivity index (χ0n) is 10.5. The summed E-state index contributed by atoms with van der Waals surface area (Å²) in [7, 11) is -1.20. The van der Waals surface area contributed by atoms with Crippen molar-refractivity contribution in [1.29, 1.82) is 0 Å². The summed E-state index contributed by atoms with van der Waals surface area (Å²) in [6, 6.07) is 2.87. The van der Waals surface area contributed by atoms with E-state index in [-0.39, 0.29) is 5.88 Å². The van der Waals surface area contributed by atoms with Crippen molar-refractivity contribution in [3.63, 3.8) is 0 Å². The highest BCUT2D eigenvalue weighted by atomic mass is 16.5. The summed E-state index contributed by atoms with van der Waals surface area (Å²) in [5, 5.41) is 28.8. The number of aromatic nitrogens is 1. The van der Waals surface area contributed by atoms with Crippen LogP contribution in [0, 0.1) is 0 Å². The fraction of sp³-hybridized carbons (Fsp3) is 0.545. The van der Waals surface area contributed by atoms with Crippen LogP contribution in [0.3, 0.4) is 0 Å². The first kappa shape index (κ1) is 14.0. The lowest BCUT2D eigenvalue weighted by atomic mass is 9.77. The molecule has 0 amide bonds. The van der Waals surface area contributed by atoms with E-state index < -0.39 is 18.3 Å². The van der Waals surface area contributed by atoms with Crippen LogP contribution in [0.5, 0.6) is 5.88 Å². The van der Waals surface area contributed by atoms with Crippen molar-refractivity contribution in [2.75, 3.05) is 0 Å². The van der Waals surface area contributed by atoms with E-state index in [4.69, 9.17) is 9.76 Å². The lowest BCUT2D eigenvalue weighted by Gasteiger charge is -2.38. The molecule has 17 heavy (non-hydrogen) atoms. The number of aromatic hydroxyl groups is 1. The van der Waals surface area contributed by atoms with Gasteiger partial charge in [-0.05, 0) is 33.8 Å². The molecule has 0 aliphatic heterocycles. The van der Waals surface area contributed by atoms with Gasteiger partial charge in [-0.15, -0.1) is 0 Å². The number of pyridine rings is 1. The third-order valence-corrected chi connectivity index (χ3v) is 2.94. The van der Waals surface area contributed by atoms with Crippen molar-refractivity contribution in [3.8, 4) is 5.88 Å². The van der Waals surface area contributed by atoms with Gasteiger partial charge in [0.2, 0.25) is 5.88 Å². The summed E-state index contributed by atoms with van der Waals surface area (Å²) >= 11 is 0. The molecule has 0 radical (unpaired) electrons. The molecular weight excluding hydrogens is 221 g/mol. The lowest BCUT2D eigenvalue weighted by molar-refractivity contribution is -0.0982. The van der Waals surface area contributed by atoms with Gasteiger partial charge >= 0.3 is 7.12 Å². The van der Waals surface area contributed by atoms with Crippen LogP contribution >= 0.6 is 0 Å². The van der Waals surface area contributed by atoms with Crippen molar-refractivity contribution >= 4 is 12.6 Å². The molecule has 6 heteroatoms. The molecule has 5 nitrogen and oxygen atoms in total. The highest BCUT2D eigenvalue weighted by Crippen LogP contribution is 2.25. The summed E-state index contributed by atoms with van der Waals surface area (Å²) in [5.41, 5.74) is -1.61. The molecule has 0 spiro atoms. The maximum atomic E-state index is 9.89. The molecule has 0 saturated heterocycles. The summed E-state index contributed by atoms with van der Waals surface area (Å²) in [6.45, 7) is 6.58. The van der Waals surface area contributed by atoms with Gasteiger partial charge in [-0.1, -0.05) is 6.07 Å². The molecule has 0 saturated carbocycles. The Morgan fingerprint density at radius 2 is 1.82 bits per heavy atom. The summed E-state index contributed by atoms with van der Waals surface area (Å²) in [6.07, 6.45) is 1.32. The quantitative estimate of drug-likeness (QED) is 0.646. The Balaban J connectivity index is 2.79. The van der Waals surface area contributed by atoms with E-state index in [1.165, 1.54) is 18.3 Å². The van der Waals surface area contributed by atoms with Crippen LogP contribution in [0.15, 0.2) is 18.3 Å². The fourth-order valence-corrected chi connectivity index (χ4v) is 1.03. The predicted octanol–water partition coefficient (Wildman–Crippen LogP) is 0.0408. The first-order valence-corrected chi connectivity index (χ1v) is 5.37. The van der Waals surface area contributed by atoms with Crippen molar-refractivity contribution in [3.05, 3.63) is 18.3 Å². The van der Waals surface area contributed by atoms with Crippen LogP contribution in [-0.2, 0) is 4.65 Å². The molecule has 0 unspecified atom stereocenters. The van der Waals surface area contributed by atoms with Crippen LogP contribution in [0.4, 0.5) is 0 Å². The summed E-state index contributed by atoms with van der Waals surface area (Å²) in [5.74, 6) is -0.123. The van der Waals surface area contributed by atoms with Gasteiger partial charge in [0.25, 0.3) is 0 Å². The van der Waals surface area contributed by atoms with Gasteiger partial charge in [0.15, 0.2) is 0 Å². The molecule has 0 aromatic carbocycles. The third kappa shape index (κ3) is 3.42. The third-order valence-electron chi connectivity index (χ3n) is 2.94. The molecular formula is C11H18BNO4. The van der Waals surface area contributed by atoms with E-state index in [0.717, 1.165) is 0 Å². The molecule has 0 aliphatic carbocycles. The van der Waals surface area contributed by atoms with E-state index in [0.29, 0.717) is 5.46 Å². The van der Waals surface area contributed by atoms with E-state index in [9.17, 15) is 10.1 Å². The average molecular weight is 239 g/mol. The van der Waals surface area contributed by atoms with Crippen molar-refractivity contribution < 1.29 is 19.9 Å². The van der Waals surface area contributed by atoms with Gasteiger partial charge in [0, 0.05) is 11.7 Å². The standard InChI is InChI=1S/C11H18BNO4/c1-10(2,15)11(3,4)17-12(16)8-5-6-9(14)13-7-8/h5-7,15-16H,1-4H3,(H,13,14). The molecule has 94 valence electrons. The lowest BCUT2D eigenvalue weighted by Crippen LogP contribution is -2.53. The van der Waals surface area contributed by atoms with Crippen LogP contribution < -0.4 is 5.46 Å². The monoisotopic (exact) mass is 239 g/mol. The van der Waals surface area contributed by atoms with Gasteiger partial charge in [-0.2, -0.15) is 0 Å². The molecule has 1 aromatic heterocycles. The Labute approximate surface area is 101 Å². The molecule has 1 heterocycles. The predicted molar refractivity (Wildman–Crippen MR) is 65.0 cm³/mol. The SMILES string of the molecule is CC(C)(O)C(C)(C)OB(O)c1ccc(O)nc1. The largest absolute Gasteiger partial charge is 0.493 e. The van der Waals surface area contributed by atoms with Crippen LogP contribution in [0.25, 0.3) is 0 Å². The van der Waals surface area contributed by atoms with E-state index in [2.05, 4.69) is 4.98 Å². The molecule has 3 N–H and O–H groups in total. The summed E-state index contributed by atoms with van der Waals surface area (Å²) < 4.78 is 5.41. The molecule has 0 fully saturated rings. The Kier molecular flexibility index (Phi) is 3.81. The van der Waals surface area contributed by atoms with Gasteiger partial charge in [0.05, 0.1) is 11.2 Å². The van der Waals surface area contributed by atoms with E-state index in [1.807, 2.05) is 0 Å². The smallest absolute Gasteiger partial charge is 0.493 e. The van der Waals surface area contributed by atoms with Crippen LogP contribution in [-0.4, -0.2) is 38.5 Å². The number of nitrogens with zero attached hydrogens (tertiary/aromatic N) is 1. The Morgan fingerprint density at radius 1 is 1.24 bits per heavy atom. The first-order chi connectivity index (χ1) is 7.63. The number of aliphatic hydroxyl groups is 1. The van der Waals surface area contributed by atoms with Crippen LogP contribution in [0.1, 0.15) is 27.7 Å². The molecule has 0 bridgehead atoms. The molecule has 0 aliphatic rings. The topological polar surface area (TPSA) is 82.8 Å². The highest BCUT2D eigenvalue weighted by Gasteiger charge is 2.39. The Morgan fingerprint density at radius 3 is 2.24 bits per heavy atom. The minimum atomic E-state index is -1.20. The average Bonchev–Trinajstić information content (AvgIpc) is 2.16. The first-order valence-electron chi connectivity index (χ1n) is 5.37. The van der Waals surface area contributed by atoms with E-state index >= 15 is 0 Å². The molecule has 1 rings (SSSR count). The minimum Gasteiger partial charge on any atom is -0.493 e. The van der Waals surface area contributed by atoms with Gasteiger partial charge in [-0.3, -0.25) is 0 Å². The van der Waals surface area contributed by atoms with E-state index in [1.54, 1.807) is 27.7 Å². The Hall–Kier alpha value is -1.11. The Bertz CT molecular complexity index is 372. The number of hydrogen-bond donors (Lipinski definition) is 3. The highest BCUT2D eigenvalue weighted by molar-refractivity contribution is 6.60. The maximum absolute atomic E-state index is 9.89. The molecule has 1 aromatic rings. The minimum absolute atomic E-state index is 0.123. The number of hydrogen-bond acceptors (Lipinski definition) is 5. The zero-order chi connectivity index (χ0) is 13.3. The van der Waals surface area contributed by atoms with Gasteiger partial charge in [-0.25, -0.2) is 4.98 Å². The number of rotatable bonds is 4. The second-order valence-corrected chi connectivity index (χ2v) is 4.99. The fourth-order valence-electron chi connectivity index (χ4n) is 1.03. The maximum Gasteiger partial charge on any atom is 0.493 e.